The summed E-state index contributed by atoms with van der Waals surface area (Å²) >= 11 is 9.11. The van der Waals surface area contributed by atoms with Crippen LogP contribution in [-0.4, -0.2) is 9.97 Å². The maximum atomic E-state index is 13.3. The van der Waals surface area contributed by atoms with E-state index in [-0.39, 0.29) is 11.8 Å². The van der Waals surface area contributed by atoms with E-state index in [9.17, 15) is 4.39 Å². The van der Waals surface area contributed by atoms with Crippen LogP contribution in [0.2, 0.25) is 5.02 Å². The number of anilines is 3. The van der Waals surface area contributed by atoms with Crippen molar-refractivity contribution in [3.05, 3.63) is 39.2 Å². The molecule has 0 fully saturated rings. The minimum absolute atomic E-state index is 0.228. The number of halogens is 3. The van der Waals surface area contributed by atoms with E-state index in [0.717, 1.165) is 5.56 Å². The molecular weight excluding hydrogens is 337 g/mol. The summed E-state index contributed by atoms with van der Waals surface area (Å²) < 4.78 is 13.7. The maximum Gasteiger partial charge on any atom is 0.239 e. The van der Waals surface area contributed by atoms with E-state index in [1.807, 2.05) is 0 Å². The first-order chi connectivity index (χ1) is 9.01. The molecule has 8 heteroatoms. The van der Waals surface area contributed by atoms with Crippen molar-refractivity contribution in [3.8, 4) is 0 Å². The van der Waals surface area contributed by atoms with Gasteiger partial charge in [-0.05, 0) is 40.5 Å². The number of nitrogens with zero attached hydrogens (tertiary/aromatic N) is 2. The summed E-state index contributed by atoms with van der Waals surface area (Å²) in [6.45, 7) is 1.77. The zero-order valence-corrected chi connectivity index (χ0v) is 12.2. The van der Waals surface area contributed by atoms with Crippen LogP contribution < -0.4 is 16.6 Å². The van der Waals surface area contributed by atoms with E-state index in [2.05, 4.69) is 36.6 Å². The molecule has 0 aliphatic rings. The number of aromatic nitrogens is 2. The average Bonchev–Trinajstić information content (AvgIpc) is 2.38. The molecule has 0 amide bonds. The van der Waals surface area contributed by atoms with Crippen molar-refractivity contribution in [1.82, 2.24) is 9.97 Å². The SMILES string of the molecule is Cc1cc(F)c(Br)cc1Nc1nc(NN)ncc1Cl. The van der Waals surface area contributed by atoms with E-state index < -0.39 is 0 Å². The van der Waals surface area contributed by atoms with Crippen molar-refractivity contribution in [3.63, 3.8) is 0 Å². The summed E-state index contributed by atoms with van der Waals surface area (Å²) in [6, 6.07) is 3.02. The van der Waals surface area contributed by atoms with Gasteiger partial charge in [-0.3, -0.25) is 5.43 Å². The molecule has 0 radical (unpaired) electrons. The Morgan fingerprint density at radius 1 is 1.42 bits per heavy atom. The van der Waals surface area contributed by atoms with Gasteiger partial charge in [0.1, 0.15) is 10.8 Å². The number of hydrazine groups is 1. The van der Waals surface area contributed by atoms with Crippen LogP contribution in [0.15, 0.2) is 22.8 Å². The van der Waals surface area contributed by atoms with Crippen LogP contribution in [0.4, 0.5) is 21.8 Å². The Hall–Kier alpha value is -1.44. The number of rotatable bonds is 3. The van der Waals surface area contributed by atoms with Gasteiger partial charge in [-0.25, -0.2) is 15.2 Å². The lowest BCUT2D eigenvalue weighted by Crippen LogP contribution is -2.11. The van der Waals surface area contributed by atoms with Crippen molar-refractivity contribution >= 4 is 45.0 Å². The van der Waals surface area contributed by atoms with Crippen molar-refractivity contribution in [2.75, 3.05) is 10.7 Å². The van der Waals surface area contributed by atoms with Crippen LogP contribution in [0.5, 0.6) is 0 Å². The fraction of sp³-hybridized carbons (Fsp3) is 0.0909. The quantitative estimate of drug-likeness (QED) is 0.587. The third-order valence-electron chi connectivity index (χ3n) is 2.39. The number of hydrogen-bond donors (Lipinski definition) is 3. The number of aryl methyl sites for hydroxylation is 1. The number of benzene rings is 1. The van der Waals surface area contributed by atoms with Crippen molar-refractivity contribution < 1.29 is 4.39 Å². The molecule has 0 bridgehead atoms. The highest BCUT2D eigenvalue weighted by atomic mass is 79.9. The normalized spacial score (nSPS) is 10.4. The molecule has 0 aliphatic heterocycles. The van der Waals surface area contributed by atoms with E-state index in [1.165, 1.54) is 12.3 Å². The predicted octanol–water partition coefficient (Wildman–Crippen LogP) is 3.37. The van der Waals surface area contributed by atoms with Gasteiger partial charge in [-0.15, -0.1) is 0 Å². The molecule has 2 rings (SSSR count). The summed E-state index contributed by atoms with van der Waals surface area (Å²) in [6.07, 6.45) is 1.42. The van der Waals surface area contributed by atoms with Gasteiger partial charge < -0.3 is 5.32 Å². The molecule has 1 heterocycles. The van der Waals surface area contributed by atoms with Gasteiger partial charge >= 0.3 is 0 Å². The second-order valence-corrected chi connectivity index (χ2v) is 5.00. The van der Waals surface area contributed by atoms with Crippen molar-refractivity contribution in [2.45, 2.75) is 6.92 Å². The number of hydrogen-bond acceptors (Lipinski definition) is 5. The fourth-order valence-corrected chi connectivity index (χ4v) is 1.91. The zero-order valence-electron chi connectivity index (χ0n) is 9.84. The zero-order chi connectivity index (χ0) is 14.0. The monoisotopic (exact) mass is 345 g/mol. The van der Waals surface area contributed by atoms with Gasteiger partial charge in [0.05, 0.1) is 10.7 Å². The van der Waals surface area contributed by atoms with E-state index >= 15 is 0 Å². The Bertz CT molecular complexity index is 622. The molecule has 0 aliphatic carbocycles. The lowest BCUT2D eigenvalue weighted by molar-refractivity contribution is 0.620. The van der Waals surface area contributed by atoms with Gasteiger partial charge in [0, 0.05) is 5.69 Å². The predicted molar refractivity (Wildman–Crippen MR) is 77.0 cm³/mol. The summed E-state index contributed by atoms with van der Waals surface area (Å²) in [5.41, 5.74) is 3.72. The smallest absolute Gasteiger partial charge is 0.239 e. The average molecular weight is 347 g/mol. The molecule has 0 unspecified atom stereocenters. The van der Waals surface area contributed by atoms with Crippen LogP contribution >= 0.6 is 27.5 Å². The third kappa shape index (κ3) is 3.12. The molecule has 0 saturated heterocycles. The number of nitrogens with two attached hydrogens (primary N) is 1. The summed E-state index contributed by atoms with van der Waals surface area (Å²) in [4.78, 5) is 7.94. The largest absolute Gasteiger partial charge is 0.339 e. The molecule has 1 aromatic carbocycles. The van der Waals surface area contributed by atoms with Gasteiger partial charge in [-0.2, -0.15) is 4.98 Å². The second kappa shape index (κ2) is 5.68. The molecule has 19 heavy (non-hydrogen) atoms. The van der Waals surface area contributed by atoms with Crippen LogP contribution in [0.3, 0.4) is 0 Å². The van der Waals surface area contributed by atoms with Gasteiger partial charge in [-0.1, -0.05) is 11.6 Å². The van der Waals surface area contributed by atoms with Crippen molar-refractivity contribution in [2.24, 2.45) is 5.84 Å². The molecular formula is C11H10BrClFN5. The minimum atomic E-state index is -0.332. The van der Waals surface area contributed by atoms with Crippen molar-refractivity contribution in [1.29, 1.82) is 0 Å². The molecule has 1 aromatic heterocycles. The van der Waals surface area contributed by atoms with Gasteiger partial charge in [0.25, 0.3) is 0 Å². The second-order valence-electron chi connectivity index (χ2n) is 3.74. The molecule has 5 nitrogen and oxygen atoms in total. The van der Waals surface area contributed by atoms with E-state index in [0.29, 0.717) is 21.0 Å². The third-order valence-corrected chi connectivity index (χ3v) is 3.28. The standard InChI is InChI=1S/C11H10BrClFN5/c1-5-2-8(14)6(12)3-9(5)17-10-7(13)4-16-11(18-10)19-15/h2-4H,15H2,1H3,(H2,16,17,18,19). The van der Waals surface area contributed by atoms with Crippen LogP contribution in [0, 0.1) is 12.7 Å². The van der Waals surface area contributed by atoms with Gasteiger partial charge in [0.2, 0.25) is 5.95 Å². The van der Waals surface area contributed by atoms with Gasteiger partial charge in [0.15, 0.2) is 5.82 Å². The van der Waals surface area contributed by atoms with E-state index in [4.69, 9.17) is 17.4 Å². The van der Waals surface area contributed by atoms with Crippen LogP contribution in [0.25, 0.3) is 0 Å². The number of nitrogen functional groups attached to an aromatic ring is 1. The molecule has 100 valence electrons. The lowest BCUT2D eigenvalue weighted by atomic mass is 10.2. The summed E-state index contributed by atoms with van der Waals surface area (Å²) in [5, 5.41) is 3.34. The van der Waals surface area contributed by atoms with Crippen LogP contribution in [0.1, 0.15) is 5.56 Å². The minimum Gasteiger partial charge on any atom is -0.339 e. The maximum absolute atomic E-state index is 13.3. The Morgan fingerprint density at radius 3 is 2.84 bits per heavy atom. The summed E-state index contributed by atoms with van der Waals surface area (Å²) in [7, 11) is 0. The first-order valence-corrected chi connectivity index (χ1v) is 6.40. The Kier molecular flexibility index (Phi) is 4.18. The highest BCUT2D eigenvalue weighted by molar-refractivity contribution is 9.10. The van der Waals surface area contributed by atoms with E-state index in [1.54, 1.807) is 13.0 Å². The fourth-order valence-electron chi connectivity index (χ4n) is 1.43. The Labute approximate surface area is 122 Å². The highest BCUT2D eigenvalue weighted by Gasteiger charge is 2.09. The molecule has 0 atom stereocenters. The highest BCUT2D eigenvalue weighted by Crippen LogP contribution is 2.29. The summed E-state index contributed by atoms with van der Waals surface area (Å²) in [5.74, 6) is 5.51. The molecule has 0 spiro atoms. The Morgan fingerprint density at radius 2 is 2.16 bits per heavy atom. The Balaban J connectivity index is 2.38. The molecule has 0 saturated carbocycles. The molecule has 2 aromatic rings. The molecule has 4 N–H and O–H groups in total. The topological polar surface area (TPSA) is 75.9 Å². The first-order valence-electron chi connectivity index (χ1n) is 5.23. The van der Waals surface area contributed by atoms with Crippen LogP contribution in [-0.2, 0) is 0 Å². The number of nitrogens with one attached hydrogen (secondary N) is 2. The lowest BCUT2D eigenvalue weighted by Gasteiger charge is -2.11. The first kappa shape index (κ1) is 14.0.